The van der Waals surface area contributed by atoms with Gasteiger partial charge < -0.3 is 10.0 Å². The van der Waals surface area contributed by atoms with Crippen molar-refractivity contribution in [1.82, 2.24) is 4.90 Å². The number of piperidine rings is 1. The summed E-state index contributed by atoms with van der Waals surface area (Å²) in [7, 11) is 0. The zero-order chi connectivity index (χ0) is 12.4. The average Bonchev–Trinajstić information content (AvgIpc) is 2.32. The number of amides is 1. The molecule has 1 fully saturated rings. The summed E-state index contributed by atoms with van der Waals surface area (Å²) in [5.74, 6) is -0.803. The molecule has 92 valence electrons. The first-order chi connectivity index (χ1) is 8.08. The van der Waals surface area contributed by atoms with Crippen molar-refractivity contribution >= 4 is 5.91 Å². The van der Waals surface area contributed by atoms with Crippen LogP contribution in [-0.4, -0.2) is 29.0 Å². The lowest BCUT2D eigenvalue weighted by molar-refractivity contribution is 0.0682. The summed E-state index contributed by atoms with van der Waals surface area (Å²) >= 11 is 0. The minimum atomic E-state index is -0.700. The van der Waals surface area contributed by atoms with Crippen LogP contribution in [0.15, 0.2) is 18.2 Å². The molecule has 0 saturated carbocycles. The SMILES string of the molecule is CC1CCCN(C(=O)c2ccc(F)c(O)c2)C1. The second-order valence-electron chi connectivity index (χ2n) is 4.66. The summed E-state index contributed by atoms with van der Waals surface area (Å²) in [5, 5.41) is 9.25. The predicted molar refractivity (Wildman–Crippen MR) is 62.4 cm³/mol. The second kappa shape index (κ2) is 4.73. The highest BCUT2D eigenvalue weighted by molar-refractivity contribution is 5.94. The number of phenols is 1. The number of carbonyl (C=O) groups is 1. The quantitative estimate of drug-likeness (QED) is 0.814. The van der Waals surface area contributed by atoms with Crippen LogP contribution in [0.3, 0.4) is 0 Å². The van der Waals surface area contributed by atoms with Gasteiger partial charge in [0.1, 0.15) is 0 Å². The van der Waals surface area contributed by atoms with Gasteiger partial charge in [-0.05, 0) is 37.0 Å². The van der Waals surface area contributed by atoms with E-state index >= 15 is 0 Å². The largest absolute Gasteiger partial charge is 0.505 e. The molecule has 1 aromatic carbocycles. The van der Waals surface area contributed by atoms with E-state index in [1.807, 2.05) is 0 Å². The van der Waals surface area contributed by atoms with E-state index in [-0.39, 0.29) is 5.91 Å². The molecular weight excluding hydrogens is 221 g/mol. The fourth-order valence-electron chi connectivity index (χ4n) is 2.20. The third kappa shape index (κ3) is 2.57. The first-order valence-corrected chi connectivity index (χ1v) is 5.85. The summed E-state index contributed by atoms with van der Waals surface area (Å²) in [6.07, 6.45) is 2.14. The van der Waals surface area contributed by atoms with Crippen LogP contribution >= 0.6 is 0 Å². The molecule has 1 atom stereocenters. The topological polar surface area (TPSA) is 40.5 Å². The molecule has 1 heterocycles. The summed E-state index contributed by atoms with van der Waals surface area (Å²) in [4.78, 5) is 13.9. The monoisotopic (exact) mass is 237 g/mol. The smallest absolute Gasteiger partial charge is 0.254 e. The molecule has 3 nitrogen and oxygen atoms in total. The highest BCUT2D eigenvalue weighted by Crippen LogP contribution is 2.21. The van der Waals surface area contributed by atoms with Gasteiger partial charge >= 0.3 is 0 Å². The van der Waals surface area contributed by atoms with E-state index in [1.54, 1.807) is 4.90 Å². The fourth-order valence-corrected chi connectivity index (χ4v) is 2.20. The van der Waals surface area contributed by atoms with Crippen LogP contribution in [0, 0.1) is 11.7 Å². The molecule has 0 spiro atoms. The number of hydrogen-bond acceptors (Lipinski definition) is 2. The van der Waals surface area contributed by atoms with Gasteiger partial charge in [0.15, 0.2) is 11.6 Å². The molecule has 17 heavy (non-hydrogen) atoms. The van der Waals surface area contributed by atoms with Gasteiger partial charge in [0.25, 0.3) is 5.91 Å². The normalized spacial score (nSPS) is 20.4. The van der Waals surface area contributed by atoms with E-state index in [9.17, 15) is 14.3 Å². The van der Waals surface area contributed by atoms with Crippen LogP contribution in [0.4, 0.5) is 4.39 Å². The Morgan fingerprint density at radius 3 is 2.94 bits per heavy atom. The molecule has 1 unspecified atom stereocenters. The van der Waals surface area contributed by atoms with E-state index < -0.39 is 11.6 Å². The van der Waals surface area contributed by atoms with Crippen molar-refractivity contribution in [3.05, 3.63) is 29.6 Å². The minimum Gasteiger partial charge on any atom is -0.505 e. The van der Waals surface area contributed by atoms with Crippen molar-refractivity contribution < 1.29 is 14.3 Å². The highest BCUT2D eigenvalue weighted by atomic mass is 19.1. The Bertz CT molecular complexity index is 433. The number of aromatic hydroxyl groups is 1. The molecular formula is C13H16FNO2. The van der Waals surface area contributed by atoms with Crippen molar-refractivity contribution in [1.29, 1.82) is 0 Å². The molecule has 1 aromatic rings. The third-order valence-electron chi connectivity index (χ3n) is 3.14. The third-order valence-corrected chi connectivity index (χ3v) is 3.14. The highest BCUT2D eigenvalue weighted by Gasteiger charge is 2.22. The van der Waals surface area contributed by atoms with Gasteiger partial charge in [-0.1, -0.05) is 6.92 Å². The Hall–Kier alpha value is -1.58. The van der Waals surface area contributed by atoms with Crippen molar-refractivity contribution in [2.45, 2.75) is 19.8 Å². The predicted octanol–water partition coefficient (Wildman–Crippen LogP) is 2.40. The number of phenolic OH excluding ortho intramolecular Hbond substituents is 1. The number of halogens is 1. The van der Waals surface area contributed by atoms with Gasteiger partial charge in [-0.25, -0.2) is 4.39 Å². The Kier molecular flexibility index (Phi) is 3.31. The Morgan fingerprint density at radius 1 is 1.53 bits per heavy atom. The van der Waals surface area contributed by atoms with E-state index in [0.717, 1.165) is 32.0 Å². The molecule has 1 N–H and O–H groups in total. The molecule has 0 aliphatic carbocycles. The van der Waals surface area contributed by atoms with Crippen molar-refractivity contribution in [2.75, 3.05) is 13.1 Å². The van der Waals surface area contributed by atoms with Gasteiger partial charge in [0, 0.05) is 18.7 Å². The van der Waals surface area contributed by atoms with Gasteiger partial charge in [-0.3, -0.25) is 4.79 Å². The van der Waals surface area contributed by atoms with Gasteiger partial charge in [-0.2, -0.15) is 0 Å². The lowest BCUT2D eigenvalue weighted by Crippen LogP contribution is -2.39. The first kappa shape index (κ1) is 11.9. The van der Waals surface area contributed by atoms with Crippen LogP contribution in [0.2, 0.25) is 0 Å². The summed E-state index contributed by atoms with van der Waals surface area (Å²) in [6, 6.07) is 3.73. The molecule has 1 aliphatic rings. The second-order valence-corrected chi connectivity index (χ2v) is 4.66. The van der Waals surface area contributed by atoms with Crippen LogP contribution < -0.4 is 0 Å². The van der Waals surface area contributed by atoms with Gasteiger partial charge in [0.2, 0.25) is 0 Å². The lowest BCUT2D eigenvalue weighted by atomic mass is 9.99. The average molecular weight is 237 g/mol. The molecule has 0 radical (unpaired) electrons. The van der Waals surface area contributed by atoms with Gasteiger partial charge in [-0.15, -0.1) is 0 Å². The zero-order valence-electron chi connectivity index (χ0n) is 9.82. The minimum absolute atomic E-state index is 0.133. The molecule has 1 aliphatic heterocycles. The Morgan fingerprint density at radius 2 is 2.29 bits per heavy atom. The number of rotatable bonds is 1. The van der Waals surface area contributed by atoms with Crippen LogP contribution in [-0.2, 0) is 0 Å². The number of hydrogen-bond donors (Lipinski definition) is 1. The molecule has 1 saturated heterocycles. The maximum absolute atomic E-state index is 12.9. The van der Waals surface area contributed by atoms with Crippen LogP contribution in [0.25, 0.3) is 0 Å². The summed E-state index contributed by atoms with van der Waals surface area (Å²) in [5.41, 5.74) is 0.345. The number of likely N-dealkylation sites (tertiary alicyclic amines) is 1. The van der Waals surface area contributed by atoms with Crippen molar-refractivity contribution in [3.63, 3.8) is 0 Å². The standard InChI is InChI=1S/C13H16FNO2/c1-9-3-2-6-15(8-9)13(17)10-4-5-11(14)12(16)7-10/h4-5,7,9,16H,2-3,6,8H2,1H3. The molecule has 0 aromatic heterocycles. The van der Waals surface area contributed by atoms with Crippen molar-refractivity contribution in [3.8, 4) is 5.75 Å². The van der Waals surface area contributed by atoms with Crippen LogP contribution in [0.5, 0.6) is 5.75 Å². The number of benzene rings is 1. The molecule has 0 bridgehead atoms. The number of nitrogens with zero attached hydrogens (tertiary/aromatic N) is 1. The summed E-state index contributed by atoms with van der Waals surface area (Å²) in [6.45, 7) is 3.58. The van der Waals surface area contributed by atoms with Crippen LogP contribution in [0.1, 0.15) is 30.1 Å². The Labute approximate surface area is 99.9 Å². The first-order valence-electron chi connectivity index (χ1n) is 5.85. The maximum Gasteiger partial charge on any atom is 0.254 e. The maximum atomic E-state index is 12.9. The van der Waals surface area contributed by atoms with E-state index in [4.69, 9.17) is 0 Å². The van der Waals surface area contributed by atoms with Gasteiger partial charge in [0.05, 0.1) is 0 Å². The zero-order valence-corrected chi connectivity index (χ0v) is 9.82. The fraction of sp³-hybridized carbons (Fsp3) is 0.462. The summed E-state index contributed by atoms with van der Waals surface area (Å²) < 4.78 is 12.9. The molecule has 2 rings (SSSR count). The number of carbonyl (C=O) groups excluding carboxylic acids is 1. The van der Waals surface area contributed by atoms with E-state index in [1.165, 1.54) is 12.1 Å². The Balaban J connectivity index is 2.15. The lowest BCUT2D eigenvalue weighted by Gasteiger charge is -2.31. The molecule has 4 heteroatoms. The van der Waals surface area contributed by atoms with E-state index in [2.05, 4.69) is 6.92 Å². The van der Waals surface area contributed by atoms with E-state index in [0.29, 0.717) is 11.5 Å². The molecule has 1 amide bonds. The van der Waals surface area contributed by atoms with Crippen molar-refractivity contribution in [2.24, 2.45) is 5.92 Å².